The van der Waals surface area contributed by atoms with Crippen LogP contribution in [0.2, 0.25) is 0 Å². The molecule has 0 aliphatic carbocycles. The molecule has 0 aromatic heterocycles. The van der Waals surface area contributed by atoms with Gasteiger partial charge in [0.05, 0.1) is 4.90 Å². The molecule has 3 aromatic rings. The predicted octanol–water partition coefficient (Wildman–Crippen LogP) is 4.06. The highest BCUT2D eigenvalue weighted by Gasteiger charge is 2.21. The van der Waals surface area contributed by atoms with Crippen LogP contribution in [-0.4, -0.2) is 14.4 Å². The van der Waals surface area contributed by atoms with Crippen molar-refractivity contribution in [2.75, 3.05) is 0 Å². The van der Waals surface area contributed by atoms with Gasteiger partial charge in [0.2, 0.25) is 0 Å². The molecule has 5 nitrogen and oxygen atoms in total. The van der Waals surface area contributed by atoms with Crippen LogP contribution >= 0.6 is 0 Å². The number of hydrogen-bond acceptors (Lipinski definition) is 4. The van der Waals surface area contributed by atoms with Crippen LogP contribution in [0, 0.1) is 6.92 Å². The molecule has 6 heteroatoms. The van der Waals surface area contributed by atoms with Crippen LogP contribution in [0.25, 0.3) is 6.08 Å². The zero-order valence-electron chi connectivity index (χ0n) is 15.9. The van der Waals surface area contributed by atoms with Crippen molar-refractivity contribution >= 4 is 22.1 Å². The van der Waals surface area contributed by atoms with Gasteiger partial charge in [0.1, 0.15) is 12.3 Å². The summed E-state index contributed by atoms with van der Waals surface area (Å²) in [5.74, 6) is -0.756. The Labute approximate surface area is 170 Å². The summed E-state index contributed by atoms with van der Waals surface area (Å²) >= 11 is 0. The Morgan fingerprint density at radius 3 is 2.10 bits per heavy atom. The molecule has 0 unspecified atom stereocenters. The van der Waals surface area contributed by atoms with E-state index in [1.54, 1.807) is 36.4 Å². The molecule has 0 saturated heterocycles. The van der Waals surface area contributed by atoms with Gasteiger partial charge in [-0.1, -0.05) is 78.4 Å². The Morgan fingerprint density at radius 1 is 0.897 bits per heavy atom. The smallest absolute Gasteiger partial charge is 0.355 e. The summed E-state index contributed by atoms with van der Waals surface area (Å²) in [7, 11) is -3.94. The Morgan fingerprint density at radius 2 is 1.48 bits per heavy atom. The summed E-state index contributed by atoms with van der Waals surface area (Å²) in [4.78, 5) is 12.7. The highest BCUT2D eigenvalue weighted by Crippen LogP contribution is 2.14. The largest absolute Gasteiger partial charge is 0.456 e. The maximum atomic E-state index is 12.8. The van der Waals surface area contributed by atoms with Crippen molar-refractivity contribution in [3.63, 3.8) is 0 Å². The van der Waals surface area contributed by atoms with Crippen LogP contribution in [0.15, 0.2) is 95.5 Å². The number of sulfonamides is 1. The highest BCUT2D eigenvalue weighted by atomic mass is 32.2. The van der Waals surface area contributed by atoms with Gasteiger partial charge in [0, 0.05) is 0 Å². The van der Waals surface area contributed by atoms with Gasteiger partial charge in [-0.2, -0.15) is 0 Å². The molecule has 0 bridgehead atoms. The van der Waals surface area contributed by atoms with E-state index in [1.165, 1.54) is 18.2 Å². The molecule has 0 spiro atoms. The van der Waals surface area contributed by atoms with Crippen molar-refractivity contribution in [1.82, 2.24) is 4.72 Å². The van der Waals surface area contributed by atoms with Crippen LogP contribution in [0.4, 0.5) is 0 Å². The van der Waals surface area contributed by atoms with Crippen molar-refractivity contribution in [1.29, 1.82) is 0 Å². The summed E-state index contributed by atoms with van der Waals surface area (Å²) in [6.07, 6.45) is 1.46. The van der Waals surface area contributed by atoms with Gasteiger partial charge >= 0.3 is 5.97 Å². The molecule has 29 heavy (non-hydrogen) atoms. The molecule has 3 aromatic carbocycles. The third-order valence-electron chi connectivity index (χ3n) is 4.12. The molecular weight excluding hydrogens is 386 g/mol. The minimum atomic E-state index is -3.94. The third kappa shape index (κ3) is 5.80. The van der Waals surface area contributed by atoms with Crippen molar-refractivity contribution in [2.24, 2.45) is 0 Å². The van der Waals surface area contributed by atoms with E-state index in [4.69, 9.17) is 4.74 Å². The number of carbonyl (C=O) groups is 1. The summed E-state index contributed by atoms with van der Waals surface area (Å²) in [6, 6.07) is 24.5. The molecule has 0 heterocycles. The fraction of sp³-hybridized carbons (Fsp3) is 0.0870. The van der Waals surface area contributed by atoms with Crippen molar-refractivity contribution < 1.29 is 17.9 Å². The molecule has 0 aliphatic rings. The van der Waals surface area contributed by atoms with Gasteiger partial charge in [-0.3, -0.25) is 4.72 Å². The van der Waals surface area contributed by atoms with E-state index in [9.17, 15) is 13.2 Å². The second-order valence-corrected chi connectivity index (χ2v) is 8.13. The van der Waals surface area contributed by atoms with Crippen LogP contribution in [0.5, 0.6) is 0 Å². The molecule has 0 radical (unpaired) electrons. The molecule has 148 valence electrons. The number of rotatable bonds is 7. The minimum Gasteiger partial charge on any atom is -0.456 e. The Bertz CT molecular complexity index is 1090. The van der Waals surface area contributed by atoms with Crippen LogP contribution in [0.1, 0.15) is 16.7 Å². The first-order valence-corrected chi connectivity index (χ1v) is 10.5. The molecule has 0 amide bonds. The maximum absolute atomic E-state index is 12.8. The van der Waals surface area contributed by atoms with E-state index in [0.717, 1.165) is 11.1 Å². The van der Waals surface area contributed by atoms with Gasteiger partial charge in [0.25, 0.3) is 10.0 Å². The minimum absolute atomic E-state index is 0.0397. The molecule has 0 saturated carbocycles. The molecular formula is C23H21NO4S. The molecule has 0 fully saturated rings. The van der Waals surface area contributed by atoms with Crippen molar-refractivity contribution in [3.05, 3.63) is 107 Å². The Kier molecular flexibility index (Phi) is 6.46. The first kappa shape index (κ1) is 20.4. The summed E-state index contributed by atoms with van der Waals surface area (Å²) in [5, 5.41) is 0. The lowest BCUT2D eigenvalue weighted by atomic mass is 10.2. The Hall–Kier alpha value is -3.38. The van der Waals surface area contributed by atoms with Gasteiger partial charge < -0.3 is 4.74 Å². The first-order chi connectivity index (χ1) is 13.9. The van der Waals surface area contributed by atoms with E-state index >= 15 is 0 Å². The zero-order valence-corrected chi connectivity index (χ0v) is 16.7. The zero-order chi connectivity index (χ0) is 20.7. The molecule has 1 N–H and O–H groups in total. The number of nitrogens with one attached hydrogen (secondary N) is 1. The maximum Gasteiger partial charge on any atom is 0.355 e. The lowest BCUT2D eigenvalue weighted by Gasteiger charge is -2.12. The van der Waals surface area contributed by atoms with Gasteiger partial charge in [-0.15, -0.1) is 0 Å². The van der Waals surface area contributed by atoms with Crippen LogP contribution in [0.3, 0.4) is 0 Å². The summed E-state index contributed by atoms with van der Waals surface area (Å²) < 4.78 is 33.2. The molecule has 0 atom stereocenters. The van der Waals surface area contributed by atoms with E-state index in [0.29, 0.717) is 5.56 Å². The summed E-state index contributed by atoms with van der Waals surface area (Å²) in [6.45, 7) is 1.91. The first-order valence-electron chi connectivity index (χ1n) is 9.01. The molecule has 3 rings (SSSR count). The number of carbonyl (C=O) groups excluding carboxylic acids is 1. The highest BCUT2D eigenvalue weighted by molar-refractivity contribution is 7.89. The monoisotopic (exact) mass is 407 g/mol. The average Bonchev–Trinajstić information content (AvgIpc) is 2.73. The lowest BCUT2D eigenvalue weighted by Crippen LogP contribution is -2.28. The fourth-order valence-electron chi connectivity index (χ4n) is 2.57. The molecule has 0 aliphatic heterocycles. The van der Waals surface area contributed by atoms with Crippen LogP contribution < -0.4 is 4.72 Å². The Balaban J connectivity index is 1.85. The second-order valence-electron chi connectivity index (χ2n) is 6.45. The number of aryl methyl sites for hydroxylation is 1. The normalized spacial score (nSPS) is 11.7. The predicted molar refractivity (Wildman–Crippen MR) is 112 cm³/mol. The van der Waals surface area contributed by atoms with E-state index in [1.807, 2.05) is 43.3 Å². The summed E-state index contributed by atoms with van der Waals surface area (Å²) in [5.41, 5.74) is 2.26. The van der Waals surface area contributed by atoms with E-state index < -0.39 is 16.0 Å². The van der Waals surface area contributed by atoms with E-state index in [-0.39, 0.29) is 17.2 Å². The van der Waals surface area contributed by atoms with Crippen molar-refractivity contribution in [2.45, 2.75) is 18.4 Å². The number of benzene rings is 3. The average molecular weight is 407 g/mol. The lowest BCUT2D eigenvalue weighted by molar-refractivity contribution is -0.140. The third-order valence-corrected chi connectivity index (χ3v) is 5.50. The van der Waals surface area contributed by atoms with E-state index in [2.05, 4.69) is 4.72 Å². The van der Waals surface area contributed by atoms with Gasteiger partial charge in [-0.05, 0) is 36.3 Å². The van der Waals surface area contributed by atoms with Gasteiger partial charge in [0.15, 0.2) is 0 Å². The quantitative estimate of drug-likeness (QED) is 0.474. The number of ether oxygens (including phenoxy) is 1. The SMILES string of the molecule is Cc1ccc(S(=O)(=O)N/C(=C\c2ccccc2)C(=O)OCc2ccccc2)cc1. The second kappa shape index (κ2) is 9.21. The van der Waals surface area contributed by atoms with Crippen LogP contribution in [-0.2, 0) is 26.2 Å². The van der Waals surface area contributed by atoms with Gasteiger partial charge in [-0.25, -0.2) is 13.2 Å². The topological polar surface area (TPSA) is 72.5 Å². The number of hydrogen-bond donors (Lipinski definition) is 1. The number of esters is 1. The van der Waals surface area contributed by atoms with Crippen molar-refractivity contribution in [3.8, 4) is 0 Å². The fourth-order valence-corrected chi connectivity index (χ4v) is 3.61. The standard InChI is InChI=1S/C23H21NO4S/c1-18-12-14-21(15-13-18)29(26,27)24-22(16-19-8-4-2-5-9-19)23(25)28-17-20-10-6-3-7-11-20/h2-16,24H,17H2,1H3/b22-16-.